The summed E-state index contributed by atoms with van der Waals surface area (Å²) >= 11 is 0. The van der Waals surface area contributed by atoms with Crippen molar-refractivity contribution < 1.29 is 17.9 Å². The first-order valence-corrected chi connectivity index (χ1v) is 7.16. The van der Waals surface area contributed by atoms with Crippen LogP contribution in [0.4, 0.5) is 24.9 Å². The monoisotopic (exact) mass is 318 g/mol. The molecule has 1 saturated heterocycles. The van der Waals surface area contributed by atoms with Crippen LogP contribution in [0.1, 0.15) is 13.3 Å². The molecule has 0 saturated carbocycles. The van der Waals surface area contributed by atoms with Gasteiger partial charge in [-0.1, -0.05) is 0 Å². The van der Waals surface area contributed by atoms with Gasteiger partial charge in [0.2, 0.25) is 5.95 Å². The van der Waals surface area contributed by atoms with E-state index in [9.17, 15) is 18.0 Å². The summed E-state index contributed by atoms with van der Waals surface area (Å²) in [4.78, 5) is 18.2. The highest BCUT2D eigenvalue weighted by atomic mass is 19.4. The lowest BCUT2D eigenvalue weighted by molar-refractivity contribution is -0.145. The first-order chi connectivity index (χ1) is 10.4. The average molecular weight is 318 g/mol. The molecule has 2 aliphatic heterocycles. The standard InChI is InChI=1S/C13H17F3N4O2/c1-8-7-22-5-4-19(8)10-6-11(21)20-3-2-9(13(14,15)16)17-12(20)18-10/h6,8-9H,2-5,7H2,1H3,(H,17,18)/t8-,9-/m1/s1. The van der Waals surface area contributed by atoms with Crippen LogP contribution in [-0.2, 0) is 11.3 Å². The van der Waals surface area contributed by atoms with E-state index in [1.54, 1.807) is 0 Å². The number of halogens is 3. The molecule has 2 atom stereocenters. The molecule has 0 aliphatic carbocycles. The first-order valence-electron chi connectivity index (χ1n) is 7.16. The fourth-order valence-corrected chi connectivity index (χ4v) is 2.77. The van der Waals surface area contributed by atoms with Gasteiger partial charge in [-0.05, 0) is 13.3 Å². The van der Waals surface area contributed by atoms with E-state index < -0.39 is 12.2 Å². The van der Waals surface area contributed by atoms with Gasteiger partial charge >= 0.3 is 6.18 Å². The molecule has 0 aromatic carbocycles. The Morgan fingerprint density at radius 3 is 2.86 bits per heavy atom. The van der Waals surface area contributed by atoms with E-state index in [1.165, 1.54) is 10.6 Å². The van der Waals surface area contributed by atoms with Gasteiger partial charge in [-0.15, -0.1) is 0 Å². The van der Waals surface area contributed by atoms with Crippen molar-refractivity contribution in [1.29, 1.82) is 0 Å². The zero-order valence-electron chi connectivity index (χ0n) is 12.1. The number of fused-ring (bicyclic) bond motifs is 1. The lowest BCUT2D eigenvalue weighted by Crippen LogP contribution is -2.47. The maximum absolute atomic E-state index is 12.8. The Morgan fingerprint density at radius 2 is 2.18 bits per heavy atom. The topological polar surface area (TPSA) is 59.4 Å². The van der Waals surface area contributed by atoms with Crippen LogP contribution >= 0.6 is 0 Å². The number of nitrogens with zero attached hydrogens (tertiary/aromatic N) is 3. The third-order valence-corrected chi connectivity index (χ3v) is 4.00. The third-order valence-electron chi connectivity index (χ3n) is 4.00. The number of morpholine rings is 1. The molecule has 1 fully saturated rings. The summed E-state index contributed by atoms with van der Waals surface area (Å²) in [5, 5.41) is 2.34. The summed E-state index contributed by atoms with van der Waals surface area (Å²) in [6, 6.07) is -0.275. The van der Waals surface area contributed by atoms with Gasteiger partial charge in [-0.2, -0.15) is 18.2 Å². The van der Waals surface area contributed by atoms with Crippen LogP contribution in [0.2, 0.25) is 0 Å². The average Bonchev–Trinajstić information content (AvgIpc) is 2.46. The Morgan fingerprint density at radius 1 is 1.41 bits per heavy atom. The van der Waals surface area contributed by atoms with Crippen LogP contribution in [-0.4, -0.2) is 47.6 Å². The molecule has 22 heavy (non-hydrogen) atoms. The zero-order chi connectivity index (χ0) is 15.9. The van der Waals surface area contributed by atoms with Gasteiger partial charge in [0, 0.05) is 19.2 Å². The maximum Gasteiger partial charge on any atom is 0.408 e. The van der Waals surface area contributed by atoms with E-state index in [0.717, 1.165) is 0 Å². The summed E-state index contributed by atoms with van der Waals surface area (Å²) in [5.41, 5.74) is -0.341. The molecule has 3 rings (SSSR count). The van der Waals surface area contributed by atoms with Gasteiger partial charge in [0.1, 0.15) is 11.9 Å². The number of hydrogen-bond donors (Lipinski definition) is 1. The van der Waals surface area contributed by atoms with Crippen molar-refractivity contribution in [2.24, 2.45) is 0 Å². The number of nitrogens with one attached hydrogen (secondary N) is 1. The second kappa shape index (κ2) is 5.45. The number of ether oxygens (including phenoxy) is 1. The molecule has 6 nitrogen and oxygen atoms in total. The quantitative estimate of drug-likeness (QED) is 0.843. The second-order valence-electron chi connectivity index (χ2n) is 5.57. The third kappa shape index (κ3) is 2.77. The Bertz CT molecular complexity index is 616. The SMILES string of the molecule is C[C@@H]1COCCN1c1cc(=O)n2c(n1)N[C@@H](C(F)(F)F)CC2. The van der Waals surface area contributed by atoms with Crippen LogP contribution in [0.5, 0.6) is 0 Å². The van der Waals surface area contributed by atoms with E-state index in [4.69, 9.17) is 4.74 Å². The van der Waals surface area contributed by atoms with Crippen LogP contribution in [0, 0.1) is 0 Å². The van der Waals surface area contributed by atoms with Crippen molar-refractivity contribution >= 4 is 11.8 Å². The van der Waals surface area contributed by atoms with Gasteiger partial charge in [-0.25, -0.2) is 0 Å². The Hall–Kier alpha value is -1.77. The summed E-state index contributed by atoms with van der Waals surface area (Å²) in [5.74, 6) is 0.372. The molecule has 1 N–H and O–H groups in total. The minimum Gasteiger partial charge on any atom is -0.377 e. The minimum atomic E-state index is -4.36. The van der Waals surface area contributed by atoms with Gasteiger partial charge in [0.25, 0.3) is 5.56 Å². The second-order valence-corrected chi connectivity index (χ2v) is 5.57. The number of anilines is 2. The van der Waals surface area contributed by atoms with Crippen LogP contribution in [0.25, 0.3) is 0 Å². The Labute approximate surface area is 124 Å². The van der Waals surface area contributed by atoms with Crippen molar-refractivity contribution in [1.82, 2.24) is 9.55 Å². The normalized spacial score (nSPS) is 25.5. The molecule has 0 spiro atoms. The molecule has 1 aromatic rings. The molecule has 3 heterocycles. The van der Waals surface area contributed by atoms with Gasteiger partial charge < -0.3 is 15.0 Å². The molecule has 0 radical (unpaired) electrons. The molecule has 0 bridgehead atoms. The maximum atomic E-state index is 12.8. The molecule has 9 heteroatoms. The molecule has 122 valence electrons. The highest BCUT2D eigenvalue weighted by Gasteiger charge is 2.42. The lowest BCUT2D eigenvalue weighted by Gasteiger charge is -2.35. The Balaban J connectivity index is 1.93. The number of hydrogen-bond acceptors (Lipinski definition) is 5. The predicted octanol–water partition coefficient (Wildman–Crippen LogP) is 1.21. The summed E-state index contributed by atoms with van der Waals surface area (Å²) in [7, 11) is 0. The van der Waals surface area contributed by atoms with E-state index in [1.807, 2.05) is 11.8 Å². The van der Waals surface area contributed by atoms with Crippen LogP contribution in [0.15, 0.2) is 10.9 Å². The zero-order valence-corrected chi connectivity index (χ0v) is 12.1. The summed E-state index contributed by atoms with van der Waals surface area (Å²) in [6.45, 7) is 3.49. The molecular formula is C13H17F3N4O2. The van der Waals surface area contributed by atoms with Gasteiger partial charge in [-0.3, -0.25) is 9.36 Å². The predicted molar refractivity (Wildman–Crippen MR) is 74.2 cm³/mol. The fraction of sp³-hybridized carbons (Fsp3) is 0.692. The fourth-order valence-electron chi connectivity index (χ4n) is 2.77. The van der Waals surface area contributed by atoms with Crippen molar-refractivity contribution in [3.63, 3.8) is 0 Å². The van der Waals surface area contributed by atoms with Crippen LogP contribution in [0.3, 0.4) is 0 Å². The van der Waals surface area contributed by atoms with Crippen LogP contribution < -0.4 is 15.8 Å². The van der Waals surface area contributed by atoms with Crippen molar-refractivity contribution in [2.75, 3.05) is 30.0 Å². The van der Waals surface area contributed by atoms with Crippen molar-refractivity contribution in [2.45, 2.75) is 38.1 Å². The van der Waals surface area contributed by atoms with E-state index in [0.29, 0.717) is 25.6 Å². The molecular weight excluding hydrogens is 301 g/mol. The largest absolute Gasteiger partial charge is 0.408 e. The Kier molecular flexibility index (Phi) is 3.75. The van der Waals surface area contributed by atoms with E-state index in [2.05, 4.69) is 10.3 Å². The van der Waals surface area contributed by atoms with Crippen molar-refractivity contribution in [3.05, 3.63) is 16.4 Å². The first kappa shape index (κ1) is 15.1. The van der Waals surface area contributed by atoms with Gasteiger partial charge in [0.15, 0.2) is 0 Å². The smallest absolute Gasteiger partial charge is 0.377 e. The molecule has 1 aromatic heterocycles. The highest BCUT2D eigenvalue weighted by molar-refractivity contribution is 5.45. The number of rotatable bonds is 1. The summed E-state index contributed by atoms with van der Waals surface area (Å²) in [6.07, 6.45) is -4.53. The number of alkyl halides is 3. The van der Waals surface area contributed by atoms with E-state index >= 15 is 0 Å². The lowest BCUT2D eigenvalue weighted by atomic mass is 10.1. The van der Waals surface area contributed by atoms with Gasteiger partial charge in [0.05, 0.1) is 19.3 Å². The molecule has 0 unspecified atom stereocenters. The number of aromatic nitrogens is 2. The minimum absolute atomic E-state index is 0.0112. The van der Waals surface area contributed by atoms with E-state index in [-0.39, 0.29) is 30.5 Å². The van der Waals surface area contributed by atoms with Crippen molar-refractivity contribution in [3.8, 4) is 0 Å². The highest BCUT2D eigenvalue weighted by Crippen LogP contribution is 2.29. The molecule has 0 amide bonds. The summed E-state index contributed by atoms with van der Waals surface area (Å²) < 4.78 is 45.1. The molecule has 2 aliphatic rings.